The molecular formula is C17H15FN4O2S2. The molecule has 1 N–H and O–H groups in total. The van der Waals surface area contributed by atoms with Crippen LogP contribution >= 0.6 is 23.1 Å². The molecule has 1 aromatic carbocycles. The molecule has 1 aliphatic heterocycles. The predicted molar refractivity (Wildman–Crippen MR) is 102 cm³/mol. The number of halogens is 1. The lowest BCUT2D eigenvalue weighted by Gasteiger charge is -2.13. The van der Waals surface area contributed by atoms with E-state index in [1.54, 1.807) is 23.7 Å². The molecule has 0 saturated carbocycles. The molecule has 0 bridgehead atoms. The molecule has 3 rings (SSSR count). The van der Waals surface area contributed by atoms with Crippen LogP contribution in [0.2, 0.25) is 0 Å². The number of nitrogens with zero attached hydrogens (tertiary/aromatic N) is 3. The van der Waals surface area contributed by atoms with Crippen LogP contribution in [-0.4, -0.2) is 38.7 Å². The number of rotatable bonds is 6. The fraction of sp³-hybridized carbons (Fsp3) is 0.176. The Morgan fingerprint density at radius 1 is 1.46 bits per heavy atom. The van der Waals surface area contributed by atoms with Crippen molar-refractivity contribution in [2.45, 2.75) is 11.7 Å². The molecule has 1 atom stereocenters. The Kier molecular flexibility index (Phi) is 5.79. The van der Waals surface area contributed by atoms with Gasteiger partial charge < -0.3 is 5.32 Å². The summed E-state index contributed by atoms with van der Waals surface area (Å²) >= 11 is 2.55. The predicted octanol–water partition coefficient (Wildman–Crippen LogP) is 3.43. The van der Waals surface area contributed by atoms with Crippen LogP contribution in [0.1, 0.15) is 6.42 Å². The van der Waals surface area contributed by atoms with E-state index in [1.165, 1.54) is 46.2 Å². The highest BCUT2D eigenvalue weighted by atomic mass is 32.2. The van der Waals surface area contributed by atoms with E-state index >= 15 is 0 Å². The summed E-state index contributed by atoms with van der Waals surface area (Å²) in [4.78, 5) is 34.7. The Morgan fingerprint density at radius 2 is 2.27 bits per heavy atom. The average molecular weight is 390 g/mol. The standard InChI is InChI=1S/C17H15FN4O2S2/c1-2-8-22-15(24)13(26-17(22)21-16-19-7-9-25-16)10-14(23)20-12-6-4-3-5-11(12)18/h2-7,9,13H,1,8,10H2,(H,20,23)/b21-17-. The number of aromatic nitrogens is 1. The topological polar surface area (TPSA) is 74.7 Å². The van der Waals surface area contributed by atoms with Gasteiger partial charge in [0, 0.05) is 24.5 Å². The number of thiazole rings is 1. The highest BCUT2D eigenvalue weighted by Gasteiger charge is 2.38. The Balaban J connectivity index is 1.72. The molecule has 26 heavy (non-hydrogen) atoms. The number of hydrogen-bond acceptors (Lipinski definition) is 6. The third-order valence-corrected chi connectivity index (χ3v) is 5.30. The van der Waals surface area contributed by atoms with Crippen LogP contribution in [-0.2, 0) is 9.59 Å². The maximum atomic E-state index is 13.6. The van der Waals surface area contributed by atoms with Gasteiger partial charge in [0.1, 0.15) is 11.1 Å². The first-order chi connectivity index (χ1) is 12.6. The first-order valence-electron chi connectivity index (χ1n) is 7.70. The first kappa shape index (κ1) is 18.3. The van der Waals surface area contributed by atoms with Gasteiger partial charge in [0.2, 0.25) is 16.9 Å². The van der Waals surface area contributed by atoms with E-state index in [2.05, 4.69) is 21.9 Å². The summed E-state index contributed by atoms with van der Waals surface area (Å²) in [5, 5.41) is 4.67. The van der Waals surface area contributed by atoms with E-state index in [0.717, 1.165) is 0 Å². The SMILES string of the molecule is C=CCN1C(=O)C(CC(=O)Nc2ccccc2F)S/C1=N\c1nccs1. The van der Waals surface area contributed by atoms with Crippen LogP contribution in [0.25, 0.3) is 0 Å². The van der Waals surface area contributed by atoms with Gasteiger partial charge in [-0.25, -0.2) is 9.37 Å². The summed E-state index contributed by atoms with van der Waals surface area (Å²) in [5.41, 5.74) is 0.0903. The lowest BCUT2D eigenvalue weighted by molar-refractivity contribution is -0.127. The summed E-state index contributed by atoms with van der Waals surface area (Å²) in [6.07, 6.45) is 3.14. The van der Waals surface area contributed by atoms with Crippen molar-refractivity contribution in [1.29, 1.82) is 0 Å². The molecule has 0 radical (unpaired) electrons. The van der Waals surface area contributed by atoms with Crippen LogP contribution < -0.4 is 5.32 Å². The molecule has 6 nitrogen and oxygen atoms in total. The summed E-state index contributed by atoms with van der Waals surface area (Å²) < 4.78 is 13.6. The molecule has 1 saturated heterocycles. The maximum Gasteiger partial charge on any atom is 0.242 e. The van der Waals surface area contributed by atoms with Gasteiger partial charge in [-0.3, -0.25) is 14.5 Å². The molecule has 2 amide bonds. The van der Waals surface area contributed by atoms with Crippen molar-refractivity contribution in [3.63, 3.8) is 0 Å². The number of aliphatic imine (C=N–C) groups is 1. The first-order valence-corrected chi connectivity index (χ1v) is 9.46. The summed E-state index contributed by atoms with van der Waals surface area (Å²) in [6, 6.07) is 5.89. The van der Waals surface area contributed by atoms with Crippen LogP contribution in [0.4, 0.5) is 15.2 Å². The summed E-state index contributed by atoms with van der Waals surface area (Å²) in [7, 11) is 0. The van der Waals surface area contributed by atoms with E-state index in [-0.39, 0.29) is 18.0 Å². The van der Waals surface area contributed by atoms with Crippen molar-refractivity contribution in [3.05, 3.63) is 54.3 Å². The van der Waals surface area contributed by atoms with Gasteiger partial charge in [0.05, 0.1) is 5.69 Å². The van der Waals surface area contributed by atoms with E-state index in [9.17, 15) is 14.0 Å². The molecule has 2 aromatic rings. The molecule has 1 unspecified atom stereocenters. The minimum absolute atomic E-state index is 0.0810. The van der Waals surface area contributed by atoms with Crippen molar-refractivity contribution in [2.75, 3.05) is 11.9 Å². The number of amidine groups is 1. The van der Waals surface area contributed by atoms with Gasteiger partial charge in [-0.2, -0.15) is 4.99 Å². The number of thioether (sulfide) groups is 1. The smallest absolute Gasteiger partial charge is 0.242 e. The molecule has 1 aliphatic rings. The summed E-state index contributed by atoms with van der Waals surface area (Å²) in [6.45, 7) is 3.94. The second-order valence-electron chi connectivity index (χ2n) is 5.29. The second-order valence-corrected chi connectivity index (χ2v) is 7.33. The number of para-hydroxylation sites is 1. The van der Waals surface area contributed by atoms with E-state index in [0.29, 0.717) is 16.8 Å². The second kappa shape index (κ2) is 8.24. The highest BCUT2D eigenvalue weighted by Crippen LogP contribution is 2.32. The van der Waals surface area contributed by atoms with Crippen LogP contribution in [0, 0.1) is 5.82 Å². The number of anilines is 1. The zero-order valence-corrected chi connectivity index (χ0v) is 15.2. The number of carbonyl (C=O) groups excluding carboxylic acids is 2. The molecule has 134 valence electrons. The third kappa shape index (κ3) is 4.17. The van der Waals surface area contributed by atoms with E-state index < -0.39 is 17.0 Å². The van der Waals surface area contributed by atoms with Gasteiger partial charge in [0.25, 0.3) is 0 Å². The fourth-order valence-corrected chi connectivity index (χ4v) is 4.02. The summed E-state index contributed by atoms with van der Waals surface area (Å²) in [5.74, 6) is -1.19. The lowest BCUT2D eigenvalue weighted by atomic mass is 10.2. The zero-order chi connectivity index (χ0) is 18.5. The number of nitrogens with one attached hydrogen (secondary N) is 1. The maximum absolute atomic E-state index is 13.6. The minimum atomic E-state index is -0.625. The van der Waals surface area contributed by atoms with Gasteiger partial charge in [-0.1, -0.05) is 30.0 Å². The molecule has 9 heteroatoms. The lowest BCUT2D eigenvalue weighted by Crippen LogP contribution is -2.33. The fourth-order valence-electron chi connectivity index (χ4n) is 2.31. The van der Waals surface area contributed by atoms with Gasteiger partial charge in [0.15, 0.2) is 5.17 Å². The minimum Gasteiger partial charge on any atom is -0.324 e. The van der Waals surface area contributed by atoms with Crippen molar-refractivity contribution < 1.29 is 14.0 Å². The Hall–Kier alpha value is -2.52. The van der Waals surface area contributed by atoms with Crippen LogP contribution in [0.15, 0.2) is 53.5 Å². The van der Waals surface area contributed by atoms with Crippen LogP contribution in [0.5, 0.6) is 0 Å². The number of amides is 2. The highest BCUT2D eigenvalue weighted by molar-refractivity contribution is 8.15. The number of hydrogen-bond donors (Lipinski definition) is 1. The Bertz CT molecular complexity index is 854. The molecule has 1 fully saturated rings. The van der Waals surface area contributed by atoms with E-state index in [4.69, 9.17) is 0 Å². The largest absolute Gasteiger partial charge is 0.324 e. The zero-order valence-electron chi connectivity index (χ0n) is 13.6. The quantitative estimate of drug-likeness (QED) is 0.767. The molecule has 0 spiro atoms. The van der Waals surface area contributed by atoms with Crippen molar-refractivity contribution >= 4 is 50.9 Å². The van der Waals surface area contributed by atoms with Crippen molar-refractivity contribution in [2.24, 2.45) is 4.99 Å². The normalized spacial score (nSPS) is 18.3. The Morgan fingerprint density at radius 3 is 2.96 bits per heavy atom. The molecule has 2 heterocycles. The third-order valence-electron chi connectivity index (χ3n) is 3.46. The molecule has 0 aliphatic carbocycles. The van der Waals surface area contributed by atoms with Gasteiger partial charge in [-0.15, -0.1) is 17.9 Å². The number of benzene rings is 1. The molecular weight excluding hydrogens is 375 g/mol. The van der Waals surface area contributed by atoms with Gasteiger partial charge in [-0.05, 0) is 12.1 Å². The van der Waals surface area contributed by atoms with Crippen LogP contribution in [0.3, 0.4) is 0 Å². The van der Waals surface area contributed by atoms with Crippen molar-refractivity contribution in [1.82, 2.24) is 9.88 Å². The van der Waals surface area contributed by atoms with Crippen molar-refractivity contribution in [3.8, 4) is 0 Å². The molecule has 1 aromatic heterocycles. The van der Waals surface area contributed by atoms with Gasteiger partial charge >= 0.3 is 0 Å². The Labute approximate surface area is 157 Å². The monoisotopic (exact) mass is 390 g/mol. The van der Waals surface area contributed by atoms with E-state index in [1.807, 2.05) is 0 Å². The number of carbonyl (C=O) groups is 2. The average Bonchev–Trinajstić information content (AvgIpc) is 3.22.